The standard InChI is InChI=1S/C10H9NO2/c1-8-5-9(7-11-6-8)3-2-4-10(12)13/h5-7H,4H2,1H3,(H,12,13). The zero-order valence-electron chi connectivity index (χ0n) is 7.24. The largest absolute Gasteiger partial charge is 0.481 e. The number of rotatable bonds is 1. The van der Waals surface area contributed by atoms with Crippen molar-refractivity contribution >= 4 is 5.97 Å². The van der Waals surface area contributed by atoms with Gasteiger partial charge in [-0.1, -0.05) is 11.8 Å². The summed E-state index contributed by atoms with van der Waals surface area (Å²) in [6, 6.07) is 1.86. The quantitative estimate of drug-likeness (QED) is 0.653. The molecular weight excluding hydrogens is 166 g/mol. The molecule has 0 spiro atoms. The Balaban J connectivity index is 2.72. The van der Waals surface area contributed by atoms with Crippen molar-refractivity contribution in [1.82, 2.24) is 4.98 Å². The molecule has 0 aromatic carbocycles. The highest BCUT2D eigenvalue weighted by atomic mass is 16.4. The van der Waals surface area contributed by atoms with E-state index in [1.165, 1.54) is 0 Å². The SMILES string of the molecule is Cc1cncc(C#CCC(=O)O)c1. The third kappa shape index (κ3) is 3.39. The van der Waals surface area contributed by atoms with Gasteiger partial charge in [0.05, 0.1) is 0 Å². The van der Waals surface area contributed by atoms with Crippen LogP contribution in [0.15, 0.2) is 18.5 Å². The summed E-state index contributed by atoms with van der Waals surface area (Å²) >= 11 is 0. The van der Waals surface area contributed by atoms with Crippen LogP contribution in [0.2, 0.25) is 0 Å². The maximum Gasteiger partial charge on any atom is 0.315 e. The van der Waals surface area contributed by atoms with Crippen LogP contribution in [0.1, 0.15) is 17.5 Å². The minimum Gasteiger partial charge on any atom is -0.481 e. The summed E-state index contributed by atoms with van der Waals surface area (Å²) in [4.78, 5) is 14.1. The van der Waals surface area contributed by atoms with Crippen LogP contribution >= 0.6 is 0 Å². The maximum absolute atomic E-state index is 10.1. The summed E-state index contributed by atoms with van der Waals surface area (Å²) in [5, 5.41) is 8.33. The number of pyridine rings is 1. The first kappa shape index (κ1) is 9.27. The molecule has 0 fully saturated rings. The molecule has 0 bridgehead atoms. The lowest BCUT2D eigenvalue weighted by Gasteiger charge is -1.90. The summed E-state index contributed by atoms with van der Waals surface area (Å²) in [7, 11) is 0. The first-order chi connectivity index (χ1) is 6.18. The van der Waals surface area contributed by atoms with Crippen LogP contribution in [0.5, 0.6) is 0 Å². The monoisotopic (exact) mass is 175 g/mol. The highest BCUT2D eigenvalue weighted by Gasteiger charge is 1.90. The minimum absolute atomic E-state index is 0.131. The number of carbonyl (C=O) groups is 1. The Labute approximate surface area is 76.4 Å². The lowest BCUT2D eigenvalue weighted by molar-refractivity contribution is -0.135. The van der Waals surface area contributed by atoms with Crippen molar-refractivity contribution in [2.24, 2.45) is 0 Å². The van der Waals surface area contributed by atoms with Crippen molar-refractivity contribution < 1.29 is 9.90 Å². The Bertz CT molecular complexity index is 374. The number of hydrogen-bond acceptors (Lipinski definition) is 2. The fraction of sp³-hybridized carbons (Fsp3) is 0.200. The molecule has 3 nitrogen and oxygen atoms in total. The number of nitrogens with zero attached hydrogens (tertiary/aromatic N) is 1. The summed E-state index contributed by atoms with van der Waals surface area (Å²) < 4.78 is 0. The van der Waals surface area contributed by atoms with Crippen molar-refractivity contribution in [2.75, 3.05) is 0 Å². The molecule has 0 aliphatic heterocycles. The Kier molecular flexibility index (Phi) is 3.04. The molecule has 0 amide bonds. The van der Waals surface area contributed by atoms with Gasteiger partial charge in [-0.2, -0.15) is 0 Å². The second-order valence-corrected chi connectivity index (χ2v) is 2.62. The molecule has 3 heteroatoms. The summed E-state index contributed by atoms with van der Waals surface area (Å²) in [6.45, 7) is 1.91. The van der Waals surface area contributed by atoms with Crippen LogP contribution in [0, 0.1) is 18.8 Å². The van der Waals surface area contributed by atoms with Crippen LogP contribution in [0.3, 0.4) is 0 Å². The first-order valence-electron chi connectivity index (χ1n) is 3.81. The second-order valence-electron chi connectivity index (χ2n) is 2.62. The van der Waals surface area contributed by atoms with Gasteiger partial charge in [-0.3, -0.25) is 9.78 Å². The Morgan fingerprint density at radius 2 is 2.38 bits per heavy atom. The third-order valence-electron chi connectivity index (χ3n) is 1.35. The number of aliphatic carboxylic acids is 1. The van der Waals surface area contributed by atoms with Crippen molar-refractivity contribution in [2.45, 2.75) is 13.3 Å². The van der Waals surface area contributed by atoms with Crippen LogP contribution in [0.4, 0.5) is 0 Å². The zero-order valence-corrected chi connectivity index (χ0v) is 7.24. The normalized spacial score (nSPS) is 8.69. The van der Waals surface area contributed by atoms with Crippen LogP contribution in [0.25, 0.3) is 0 Å². The van der Waals surface area contributed by atoms with E-state index in [0.717, 1.165) is 11.1 Å². The summed E-state index contributed by atoms with van der Waals surface area (Å²) in [5.74, 6) is 4.35. The van der Waals surface area contributed by atoms with Gasteiger partial charge in [0.2, 0.25) is 0 Å². The Morgan fingerprint density at radius 1 is 1.62 bits per heavy atom. The van der Waals surface area contributed by atoms with Crippen LogP contribution in [-0.2, 0) is 4.79 Å². The molecule has 66 valence electrons. The van der Waals surface area contributed by atoms with E-state index in [2.05, 4.69) is 16.8 Å². The molecule has 0 saturated heterocycles. The van der Waals surface area contributed by atoms with Gasteiger partial charge in [0.1, 0.15) is 6.42 Å². The predicted octanol–water partition coefficient (Wildman–Crippen LogP) is 1.22. The van der Waals surface area contributed by atoms with Gasteiger partial charge in [0.25, 0.3) is 0 Å². The average molecular weight is 175 g/mol. The van der Waals surface area contributed by atoms with E-state index in [9.17, 15) is 4.79 Å². The molecule has 0 aliphatic carbocycles. The van der Waals surface area contributed by atoms with Crippen molar-refractivity contribution in [3.05, 3.63) is 29.6 Å². The molecule has 1 heterocycles. The van der Waals surface area contributed by atoms with E-state index in [0.29, 0.717) is 0 Å². The fourth-order valence-electron chi connectivity index (χ4n) is 0.845. The molecule has 1 aromatic rings. The van der Waals surface area contributed by atoms with Crippen molar-refractivity contribution in [3.63, 3.8) is 0 Å². The van der Waals surface area contributed by atoms with E-state index >= 15 is 0 Å². The average Bonchev–Trinajstić information content (AvgIpc) is 2.03. The van der Waals surface area contributed by atoms with Crippen LogP contribution < -0.4 is 0 Å². The van der Waals surface area contributed by atoms with E-state index in [1.54, 1.807) is 12.4 Å². The van der Waals surface area contributed by atoms with Gasteiger partial charge < -0.3 is 5.11 Å². The maximum atomic E-state index is 10.1. The first-order valence-corrected chi connectivity index (χ1v) is 3.81. The van der Waals surface area contributed by atoms with E-state index in [-0.39, 0.29) is 6.42 Å². The number of carboxylic acids is 1. The molecule has 1 N–H and O–H groups in total. The Morgan fingerprint density at radius 3 is 3.00 bits per heavy atom. The minimum atomic E-state index is -0.909. The Hall–Kier alpha value is -1.82. The number of aromatic nitrogens is 1. The highest BCUT2D eigenvalue weighted by Crippen LogP contribution is 1.98. The molecule has 0 unspecified atom stereocenters. The number of hydrogen-bond donors (Lipinski definition) is 1. The second kappa shape index (κ2) is 4.27. The predicted molar refractivity (Wildman–Crippen MR) is 48.1 cm³/mol. The van der Waals surface area contributed by atoms with Crippen molar-refractivity contribution in [1.29, 1.82) is 0 Å². The molecule has 0 saturated carbocycles. The molecular formula is C10H9NO2. The van der Waals surface area contributed by atoms with Gasteiger partial charge in [0.15, 0.2) is 0 Å². The van der Waals surface area contributed by atoms with Gasteiger partial charge in [-0.25, -0.2) is 0 Å². The molecule has 0 atom stereocenters. The number of aryl methyl sites for hydroxylation is 1. The number of carboxylic acid groups (broad SMARTS) is 1. The van der Waals surface area contributed by atoms with Crippen LogP contribution in [-0.4, -0.2) is 16.1 Å². The molecule has 0 aliphatic rings. The van der Waals surface area contributed by atoms with Gasteiger partial charge in [-0.15, -0.1) is 0 Å². The smallest absolute Gasteiger partial charge is 0.315 e. The van der Waals surface area contributed by atoms with Gasteiger partial charge >= 0.3 is 5.97 Å². The summed E-state index contributed by atoms with van der Waals surface area (Å²) in [5.41, 5.74) is 1.77. The highest BCUT2D eigenvalue weighted by molar-refractivity contribution is 5.70. The molecule has 1 aromatic heterocycles. The lowest BCUT2D eigenvalue weighted by atomic mass is 10.2. The lowest BCUT2D eigenvalue weighted by Crippen LogP contribution is -1.90. The van der Waals surface area contributed by atoms with Gasteiger partial charge in [0, 0.05) is 18.0 Å². The van der Waals surface area contributed by atoms with Crippen molar-refractivity contribution in [3.8, 4) is 11.8 Å². The third-order valence-corrected chi connectivity index (χ3v) is 1.35. The fourth-order valence-corrected chi connectivity index (χ4v) is 0.845. The van der Waals surface area contributed by atoms with E-state index < -0.39 is 5.97 Å². The van der Waals surface area contributed by atoms with E-state index in [4.69, 9.17) is 5.11 Å². The van der Waals surface area contributed by atoms with E-state index in [1.807, 2.05) is 13.0 Å². The molecule has 1 rings (SSSR count). The molecule has 0 radical (unpaired) electrons. The zero-order chi connectivity index (χ0) is 9.68. The topological polar surface area (TPSA) is 50.2 Å². The summed E-state index contributed by atoms with van der Waals surface area (Å²) in [6.07, 6.45) is 3.21. The van der Waals surface area contributed by atoms with Gasteiger partial charge in [-0.05, 0) is 18.6 Å². The molecule has 13 heavy (non-hydrogen) atoms.